The second-order valence-electron chi connectivity index (χ2n) is 7.84. The molecule has 34 heavy (non-hydrogen) atoms. The van der Waals surface area contributed by atoms with Gasteiger partial charge in [0.05, 0.1) is 0 Å². The SMILES string of the molecule is Cc1ccccc1/C(=C\CSc1ccc(OCC(=O)O)cc1)c1ccc(-c2ccccc2)cc1. The molecular weight excluding hydrogens is 440 g/mol. The van der Waals surface area contributed by atoms with E-state index in [1.807, 2.05) is 18.2 Å². The molecule has 4 aromatic rings. The van der Waals surface area contributed by atoms with Crippen molar-refractivity contribution in [3.8, 4) is 16.9 Å². The van der Waals surface area contributed by atoms with Crippen molar-refractivity contribution < 1.29 is 14.6 Å². The molecule has 0 saturated carbocycles. The molecule has 3 nitrogen and oxygen atoms in total. The standard InChI is InChI=1S/C30H26O3S/c1-22-7-5-6-10-28(22)29(25-13-11-24(12-14-25)23-8-3-2-4-9-23)19-20-34-27-17-15-26(16-18-27)33-21-30(31)32/h2-19H,20-21H2,1H3,(H,31,32)/b29-19-. The number of rotatable bonds is 9. The van der Waals surface area contributed by atoms with Crippen molar-refractivity contribution in [2.45, 2.75) is 11.8 Å². The maximum absolute atomic E-state index is 10.7. The Morgan fingerprint density at radius 3 is 2.15 bits per heavy atom. The lowest BCUT2D eigenvalue weighted by atomic mass is 9.93. The minimum Gasteiger partial charge on any atom is -0.482 e. The highest BCUT2D eigenvalue weighted by Gasteiger charge is 2.09. The average molecular weight is 467 g/mol. The van der Waals surface area contributed by atoms with E-state index in [4.69, 9.17) is 9.84 Å². The van der Waals surface area contributed by atoms with E-state index in [0.717, 1.165) is 10.6 Å². The average Bonchev–Trinajstić information content (AvgIpc) is 2.87. The van der Waals surface area contributed by atoms with E-state index in [9.17, 15) is 4.79 Å². The quantitative estimate of drug-likeness (QED) is 0.262. The minimum atomic E-state index is -0.982. The van der Waals surface area contributed by atoms with Crippen LogP contribution in [0.15, 0.2) is 114 Å². The Morgan fingerprint density at radius 2 is 1.47 bits per heavy atom. The molecule has 170 valence electrons. The van der Waals surface area contributed by atoms with E-state index < -0.39 is 5.97 Å². The van der Waals surface area contributed by atoms with Crippen molar-refractivity contribution in [2.75, 3.05) is 12.4 Å². The van der Waals surface area contributed by atoms with Crippen molar-refractivity contribution in [3.63, 3.8) is 0 Å². The number of benzene rings is 4. The highest BCUT2D eigenvalue weighted by molar-refractivity contribution is 7.99. The van der Waals surface area contributed by atoms with Crippen LogP contribution in [0.2, 0.25) is 0 Å². The molecule has 0 heterocycles. The molecule has 0 unspecified atom stereocenters. The molecule has 0 saturated heterocycles. The van der Waals surface area contributed by atoms with Crippen molar-refractivity contribution in [3.05, 3.63) is 126 Å². The van der Waals surface area contributed by atoms with E-state index in [2.05, 4.69) is 85.8 Å². The number of carboxylic acid groups (broad SMARTS) is 1. The van der Waals surface area contributed by atoms with Crippen LogP contribution in [0.5, 0.6) is 5.75 Å². The number of aryl methyl sites for hydroxylation is 1. The van der Waals surface area contributed by atoms with E-state index in [-0.39, 0.29) is 6.61 Å². The summed E-state index contributed by atoms with van der Waals surface area (Å²) in [6, 6.07) is 35.1. The maximum atomic E-state index is 10.7. The number of carbonyl (C=O) groups is 1. The van der Waals surface area contributed by atoms with Gasteiger partial charge < -0.3 is 9.84 Å². The molecule has 0 bridgehead atoms. The largest absolute Gasteiger partial charge is 0.482 e. The Balaban J connectivity index is 1.54. The fourth-order valence-electron chi connectivity index (χ4n) is 3.73. The minimum absolute atomic E-state index is 0.335. The lowest BCUT2D eigenvalue weighted by molar-refractivity contribution is -0.139. The van der Waals surface area contributed by atoms with Gasteiger partial charge in [0.15, 0.2) is 6.61 Å². The molecule has 0 radical (unpaired) electrons. The summed E-state index contributed by atoms with van der Waals surface area (Å²) in [5.41, 5.74) is 7.28. The Bertz CT molecular complexity index is 1260. The Hall–Kier alpha value is -3.76. The number of ether oxygens (including phenoxy) is 1. The number of aliphatic carboxylic acids is 1. The van der Waals surface area contributed by atoms with Crippen LogP contribution in [0, 0.1) is 6.92 Å². The van der Waals surface area contributed by atoms with Crippen LogP contribution in [-0.2, 0) is 4.79 Å². The van der Waals surface area contributed by atoms with Gasteiger partial charge >= 0.3 is 5.97 Å². The van der Waals surface area contributed by atoms with Crippen LogP contribution in [0.4, 0.5) is 0 Å². The molecule has 4 heteroatoms. The molecule has 0 fully saturated rings. The third-order valence-corrected chi connectivity index (χ3v) is 6.40. The maximum Gasteiger partial charge on any atom is 0.341 e. The first-order valence-corrected chi connectivity index (χ1v) is 12.1. The van der Waals surface area contributed by atoms with Crippen LogP contribution in [-0.4, -0.2) is 23.4 Å². The van der Waals surface area contributed by atoms with Crippen LogP contribution in [0.1, 0.15) is 16.7 Å². The van der Waals surface area contributed by atoms with Gasteiger partial charge in [-0.3, -0.25) is 0 Å². The molecule has 0 spiro atoms. The zero-order chi connectivity index (χ0) is 23.8. The van der Waals surface area contributed by atoms with Crippen LogP contribution >= 0.6 is 11.8 Å². The lowest BCUT2D eigenvalue weighted by Crippen LogP contribution is -2.09. The van der Waals surface area contributed by atoms with Gasteiger partial charge in [0.1, 0.15) is 5.75 Å². The Kier molecular flexibility index (Phi) is 7.84. The molecule has 0 aliphatic rings. The van der Waals surface area contributed by atoms with Gasteiger partial charge in [-0.1, -0.05) is 84.9 Å². The van der Waals surface area contributed by atoms with E-state index in [0.29, 0.717) is 5.75 Å². The van der Waals surface area contributed by atoms with Gasteiger partial charge in [-0.15, -0.1) is 11.8 Å². The summed E-state index contributed by atoms with van der Waals surface area (Å²) in [6.45, 7) is 1.81. The molecule has 0 aromatic heterocycles. The van der Waals surface area contributed by atoms with Gasteiger partial charge in [0.2, 0.25) is 0 Å². The fourth-order valence-corrected chi connectivity index (χ4v) is 4.50. The topological polar surface area (TPSA) is 46.5 Å². The van der Waals surface area contributed by atoms with E-state index in [1.165, 1.54) is 33.4 Å². The summed E-state index contributed by atoms with van der Waals surface area (Å²) in [5.74, 6) is 0.380. The molecular formula is C30H26O3S. The van der Waals surface area contributed by atoms with Crippen LogP contribution < -0.4 is 4.74 Å². The van der Waals surface area contributed by atoms with Crippen molar-refractivity contribution in [2.24, 2.45) is 0 Å². The normalized spacial score (nSPS) is 11.3. The second-order valence-corrected chi connectivity index (χ2v) is 8.93. The van der Waals surface area contributed by atoms with Crippen molar-refractivity contribution >= 4 is 23.3 Å². The molecule has 0 amide bonds. The number of hydrogen-bond acceptors (Lipinski definition) is 3. The monoisotopic (exact) mass is 466 g/mol. The predicted octanol–water partition coefficient (Wildman–Crippen LogP) is 7.35. The highest BCUT2D eigenvalue weighted by Crippen LogP contribution is 2.30. The summed E-state index contributed by atoms with van der Waals surface area (Å²) in [6.07, 6.45) is 2.28. The third-order valence-electron chi connectivity index (χ3n) is 5.46. The summed E-state index contributed by atoms with van der Waals surface area (Å²) in [4.78, 5) is 11.8. The summed E-state index contributed by atoms with van der Waals surface area (Å²) in [5, 5.41) is 8.74. The first-order chi connectivity index (χ1) is 16.6. The third kappa shape index (κ3) is 6.18. The predicted molar refractivity (Wildman–Crippen MR) is 140 cm³/mol. The molecule has 0 aliphatic heterocycles. The number of carboxylic acids is 1. The highest BCUT2D eigenvalue weighted by atomic mass is 32.2. The summed E-state index contributed by atoms with van der Waals surface area (Å²) in [7, 11) is 0. The van der Waals surface area contributed by atoms with Crippen molar-refractivity contribution in [1.29, 1.82) is 0 Å². The molecule has 4 aromatic carbocycles. The van der Waals surface area contributed by atoms with Gasteiger partial charge in [-0.25, -0.2) is 4.79 Å². The Morgan fingerprint density at radius 1 is 0.824 bits per heavy atom. The molecule has 0 aliphatic carbocycles. The zero-order valence-corrected chi connectivity index (χ0v) is 19.8. The molecule has 4 rings (SSSR count). The van der Waals surface area contributed by atoms with Crippen molar-refractivity contribution in [1.82, 2.24) is 0 Å². The van der Waals surface area contributed by atoms with Gasteiger partial charge in [0, 0.05) is 10.6 Å². The fraction of sp³-hybridized carbons (Fsp3) is 0.100. The number of thioether (sulfide) groups is 1. The number of hydrogen-bond donors (Lipinski definition) is 1. The zero-order valence-electron chi connectivity index (χ0n) is 19.0. The first kappa shape index (κ1) is 23.4. The van der Waals surface area contributed by atoms with E-state index in [1.54, 1.807) is 23.9 Å². The van der Waals surface area contributed by atoms with Gasteiger partial charge in [-0.05, 0) is 64.6 Å². The van der Waals surface area contributed by atoms with Crippen LogP contribution in [0.25, 0.3) is 16.7 Å². The summed E-state index contributed by atoms with van der Waals surface area (Å²) >= 11 is 1.73. The van der Waals surface area contributed by atoms with Crippen LogP contribution in [0.3, 0.4) is 0 Å². The Labute approximate surface area is 204 Å². The van der Waals surface area contributed by atoms with E-state index >= 15 is 0 Å². The smallest absolute Gasteiger partial charge is 0.341 e. The summed E-state index contributed by atoms with van der Waals surface area (Å²) < 4.78 is 5.21. The second kappa shape index (κ2) is 11.4. The lowest BCUT2D eigenvalue weighted by Gasteiger charge is -2.13. The van der Waals surface area contributed by atoms with Gasteiger partial charge in [0.25, 0.3) is 0 Å². The first-order valence-electron chi connectivity index (χ1n) is 11.1. The molecule has 1 N–H and O–H groups in total. The van der Waals surface area contributed by atoms with Gasteiger partial charge in [-0.2, -0.15) is 0 Å². The molecule has 0 atom stereocenters.